The van der Waals surface area contributed by atoms with Crippen LogP contribution in [-0.4, -0.2) is 21.1 Å². The van der Waals surface area contributed by atoms with Crippen molar-refractivity contribution < 1.29 is 9.15 Å². The second-order valence-corrected chi connectivity index (χ2v) is 7.13. The molecule has 3 aromatic rings. The van der Waals surface area contributed by atoms with Crippen LogP contribution in [0.15, 0.2) is 45.9 Å². The predicted octanol–water partition coefficient (Wildman–Crippen LogP) is 4.77. The van der Waals surface area contributed by atoms with Crippen LogP contribution in [0.5, 0.6) is 5.75 Å². The molecule has 1 aromatic carbocycles. The summed E-state index contributed by atoms with van der Waals surface area (Å²) >= 11 is 11.1. The molecule has 1 aliphatic rings. The Bertz CT molecular complexity index is 989. The number of halogens is 1. The van der Waals surface area contributed by atoms with Crippen molar-refractivity contribution in [2.75, 3.05) is 0 Å². The minimum Gasteiger partial charge on any atom is -0.486 e. The van der Waals surface area contributed by atoms with Gasteiger partial charge in [-0.25, -0.2) is 5.10 Å². The molecular formula is C18H17ClN4O2S. The molecule has 1 fully saturated rings. The maximum absolute atomic E-state index is 5.87. The van der Waals surface area contributed by atoms with Crippen LogP contribution in [0.3, 0.4) is 0 Å². The third-order valence-electron chi connectivity index (χ3n) is 4.32. The van der Waals surface area contributed by atoms with Crippen LogP contribution in [0, 0.1) is 10.7 Å². The van der Waals surface area contributed by atoms with E-state index in [1.165, 1.54) is 11.1 Å². The third-order valence-corrected chi connectivity index (χ3v) is 4.84. The van der Waals surface area contributed by atoms with E-state index < -0.39 is 0 Å². The Morgan fingerprint density at radius 2 is 2.15 bits per heavy atom. The van der Waals surface area contributed by atoms with E-state index in [4.69, 9.17) is 33.0 Å². The first-order valence-corrected chi connectivity index (χ1v) is 9.07. The van der Waals surface area contributed by atoms with E-state index in [9.17, 15) is 0 Å². The number of nitrogens with one attached hydrogen (secondary N) is 1. The number of aromatic nitrogens is 3. The smallest absolute Gasteiger partial charge is 0.216 e. The van der Waals surface area contributed by atoms with Crippen LogP contribution < -0.4 is 4.74 Å². The molecule has 2 heterocycles. The summed E-state index contributed by atoms with van der Waals surface area (Å²) in [5.41, 5.74) is 0. The van der Waals surface area contributed by atoms with Crippen LogP contribution in [0.1, 0.15) is 36.6 Å². The van der Waals surface area contributed by atoms with E-state index in [-0.39, 0.29) is 6.61 Å². The van der Waals surface area contributed by atoms with Gasteiger partial charge in [-0.3, -0.25) is 0 Å². The summed E-state index contributed by atoms with van der Waals surface area (Å²) in [6.07, 6.45) is 2.82. The van der Waals surface area contributed by atoms with Gasteiger partial charge in [-0.2, -0.15) is 14.9 Å². The molecule has 0 radical (unpaired) electrons. The number of ether oxygens (including phenoxy) is 1. The zero-order valence-electron chi connectivity index (χ0n) is 14.1. The monoisotopic (exact) mass is 388 g/mol. The van der Waals surface area contributed by atoms with E-state index in [2.05, 4.69) is 22.2 Å². The van der Waals surface area contributed by atoms with Crippen molar-refractivity contribution in [2.45, 2.75) is 25.9 Å². The van der Waals surface area contributed by atoms with E-state index in [1.54, 1.807) is 30.5 Å². The normalized spacial score (nSPS) is 19.2. The molecule has 134 valence electrons. The van der Waals surface area contributed by atoms with Gasteiger partial charge in [0.2, 0.25) is 4.77 Å². The molecule has 0 aliphatic heterocycles. The summed E-state index contributed by atoms with van der Waals surface area (Å²) in [5, 5.41) is 11.9. The first-order valence-electron chi connectivity index (χ1n) is 8.29. The highest BCUT2D eigenvalue weighted by Gasteiger charge is 2.36. The zero-order valence-corrected chi connectivity index (χ0v) is 15.6. The second kappa shape index (κ2) is 7.09. The first kappa shape index (κ1) is 17.1. The number of hydrogen-bond donors (Lipinski definition) is 1. The molecule has 0 saturated heterocycles. The highest BCUT2D eigenvalue weighted by Crippen LogP contribution is 2.47. The number of hydrogen-bond acceptors (Lipinski definition) is 5. The quantitative estimate of drug-likeness (QED) is 0.487. The van der Waals surface area contributed by atoms with Crippen molar-refractivity contribution in [2.24, 2.45) is 11.0 Å². The molecular weight excluding hydrogens is 372 g/mol. The number of furan rings is 1. The fraction of sp³-hybridized carbons (Fsp3) is 0.278. The molecule has 2 aromatic heterocycles. The molecule has 6 nitrogen and oxygen atoms in total. The molecule has 1 N–H and O–H groups in total. The molecule has 0 amide bonds. The number of H-pyrrole nitrogens is 1. The predicted molar refractivity (Wildman–Crippen MR) is 101 cm³/mol. The molecule has 0 spiro atoms. The SMILES string of the molecule is C[C@H]1C[C@@H]1c1ccc(/C=N\n2c(COc3ccc(Cl)cc3)n[nH]c2=S)o1. The van der Waals surface area contributed by atoms with Gasteiger partial charge in [-0.1, -0.05) is 18.5 Å². The van der Waals surface area contributed by atoms with E-state index in [0.29, 0.717) is 39.0 Å². The highest BCUT2D eigenvalue weighted by atomic mass is 35.5. The molecule has 26 heavy (non-hydrogen) atoms. The average molecular weight is 389 g/mol. The Morgan fingerprint density at radius 1 is 1.38 bits per heavy atom. The van der Waals surface area contributed by atoms with Gasteiger partial charge in [0.1, 0.15) is 23.9 Å². The summed E-state index contributed by atoms with van der Waals surface area (Å²) in [4.78, 5) is 0. The van der Waals surface area contributed by atoms with Crippen LogP contribution in [0.4, 0.5) is 0 Å². The van der Waals surface area contributed by atoms with Crippen molar-refractivity contribution in [3.63, 3.8) is 0 Å². The van der Waals surface area contributed by atoms with Crippen molar-refractivity contribution in [3.8, 4) is 5.75 Å². The Kier molecular flexibility index (Phi) is 4.65. The number of aromatic amines is 1. The van der Waals surface area contributed by atoms with E-state index >= 15 is 0 Å². The van der Waals surface area contributed by atoms with E-state index in [1.807, 2.05) is 12.1 Å². The first-order chi connectivity index (χ1) is 12.6. The van der Waals surface area contributed by atoms with Crippen molar-refractivity contribution in [1.29, 1.82) is 0 Å². The van der Waals surface area contributed by atoms with E-state index in [0.717, 1.165) is 5.76 Å². The molecule has 0 unspecified atom stereocenters. The standard InChI is InChI=1S/C18H17ClN4O2S/c1-11-8-15(11)16-7-6-14(25-16)9-20-23-17(21-22-18(23)26)10-24-13-4-2-12(19)3-5-13/h2-7,9,11,15H,8,10H2,1H3,(H,22,26)/b20-9-/t11-,15-/m0/s1. The maximum atomic E-state index is 5.87. The van der Waals surface area contributed by atoms with Gasteiger partial charge in [0.15, 0.2) is 5.82 Å². The van der Waals surface area contributed by atoms with Crippen molar-refractivity contribution in [3.05, 3.63) is 63.5 Å². The minimum absolute atomic E-state index is 0.217. The van der Waals surface area contributed by atoms with Gasteiger partial charge in [0.05, 0.1) is 6.21 Å². The minimum atomic E-state index is 0.217. The van der Waals surface area contributed by atoms with Gasteiger partial charge in [0.25, 0.3) is 0 Å². The fourth-order valence-corrected chi connectivity index (χ4v) is 3.01. The van der Waals surface area contributed by atoms with Gasteiger partial charge in [-0.05, 0) is 61.0 Å². The average Bonchev–Trinajstić information content (AvgIpc) is 3.04. The topological polar surface area (TPSA) is 68.3 Å². The van der Waals surface area contributed by atoms with Crippen LogP contribution >= 0.6 is 23.8 Å². The number of rotatable bonds is 6. The molecule has 2 atom stereocenters. The lowest BCUT2D eigenvalue weighted by Crippen LogP contribution is -2.04. The van der Waals surface area contributed by atoms with Gasteiger partial charge in [0, 0.05) is 10.9 Å². The lowest BCUT2D eigenvalue weighted by Gasteiger charge is -2.05. The zero-order chi connectivity index (χ0) is 18.1. The largest absolute Gasteiger partial charge is 0.486 e. The lowest BCUT2D eigenvalue weighted by atomic mass is 10.3. The lowest BCUT2D eigenvalue weighted by molar-refractivity contribution is 0.290. The fourth-order valence-electron chi connectivity index (χ4n) is 2.69. The molecule has 1 aliphatic carbocycles. The Hall–Kier alpha value is -2.38. The summed E-state index contributed by atoms with van der Waals surface area (Å²) < 4.78 is 13.4. The summed E-state index contributed by atoms with van der Waals surface area (Å²) in [6, 6.07) is 11.0. The Morgan fingerprint density at radius 3 is 2.88 bits per heavy atom. The molecule has 0 bridgehead atoms. The highest BCUT2D eigenvalue weighted by molar-refractivity contribution is 7.71. The van der Waals surface area contributed by atoms with Crippen LogP contribution in [0.25, 0.3) is 0 Å². The number of nitrogens with zero attached hydrogens (tertiary/aromatic N) is 3. The summed E-state index contributed by atoms with van der Waals surface area (Å²) in [5.74, 6) is 4.19. The summed E-state index contributed by atoms with van der Waals surface area (Å²) in [7, 11) is 0. The van der Waals surface area contributed by atoms with Crippen LogP contribution in [0.2, 0.25) is 5.02 Å². The molecule has 4 rings (SSSR count). The summed E-state index contributed by atoms with van der Waals surface area (Å²) in [6.45, 7) is 2.44. The molecule has 8 heteroatoms. The maximum Gasteiger partial charge on any atom is 0.216 e. The third kappa shape index (κ3) is 3.73. The second-order valence-electron chi connectivity index (χ2n) is 6.30. The van der Waals surface area contributed by atoms with Crippen molar-refractivity contribution in [1.82, 2.24) is 14.9 Å². The van der Waals surface area contributed by atoms with Crippen LogP contribution in [-0.2, 0) is 6.61 Å². The Balaban J connectivity index is 1.46. The van der Waals surface area contributed by atoms with Gasteiger partial charge in [-0.15, -0.1) is 0 Å². The van der Waals surface area contributed by atoms with Crippen molar-refractivity contribution >= 4 is 30.0 Å². The Labute approximate surface area is 160 Å². The molecule has 1 saturated carbocycles. The van der Waals surface area contributed by atoms with Gasteiger partial charge < -0.3 is 9.15 Å². The van der Waals surface area contributed by atoms with Gasteiger partial charge >= 0.3 is 0 Å². The number of benzene rings is 1.